The Morgan fingerprint density at radius 1 is 0.522 bits per heavy atom. The van der Waals surface area contributed by atoms with E-state index in [0.717, 1.165) is 38.5 Å². The molecule has 0 aromatic rings. The molecule has 4 unspecified atom stereocenters. The van der Waals surface area contributed by atoms with Crippen molar-refractivity contribution in [1.29, 1.82) is 0 Å². The molecule has 0 bridgehead atoms. The molecule has 0 fully saturated rings. The highest BCUT2D eigenvalue weighted by atomic mass is 16.3. The monoisotopic (exact) mass is 654 g/mol. The van der Waals surface area contributed by atoms with Crippen molar-refractivity contribution in [3.8, 4) is 0 Å². The van der Waals surface area contributed by atoms with Gasteiger partial charge in [-0.2, -0.15) is 0 Å². The average Bonchev–Trinajstić information content (AvgIpc) is 3.06. The van der Waals surface area contributed by atoms with Crippen molar-refractivity contribution in [2.24, 2.45) is 0 Å². The summed E-state index contributed by atoms with van der Waals surface area (Å²) in [5, 5.41) is 43.5. The third kappa shape index (κ3) is 29.2. The Balaban J connectivity index is 3.76. The highest BCUT2D eigenvalue weighted by molar-refractivity contribution is 5.80. The standard InChI is InChI=1S/C40H79NO5/c1-3-5-7-9-11-13-15-17-19-20-22-24-26-28-30-32-34-38(44)40(46)41-36(35-42)39(45)37(43)33-31-29-27-25-23-21-18-16-14-12-10-8-6-4-2/h8,10,36-39,42-45H,3-7,9,11-35H2,1-2H3,(H,41,46). The highest BCUT2D eigenvalue weighted by Gasteiger charge is 2.28. The van der Waals surface area contributed by atoms with Crippen LogP contribution in [0.15, 0.2) is 12.2 Å². The number of unbranched alkanes of at least 4 members (excludes halogenated alkanes) is 25. The van der Waals surface area contributed by atoms with Crippen molar-refractivity contribution in [2.75, 3.05) is 6.61 Å². The van der Waals surface area contributed by atoms with Gasteiger partial charge in [-0.05, 0) is 32.1 Å². The van der Waals surface area contributed by atoms with Crippen LogP contribution in [-0.4, -0.2) is 57.3 Å². The molecule has 274 valence electrons. The Morgan fingerprint density at radius 3 is 1.35 bits per heavy atom. The van der Waals surface area contributed by atoms with Crippen molar-refractivity contribution in [2.45, 2.75) is 231 Å². The Hall–Kier alpha value is -0.950. The van der Waals surface area contributed by atoms with Gasteiger partial charge in [0.15, 0.2) is 0 Å². The minimum Gasteiger partial charge on any atom is -0.394 e. The lowest BCUT2D eigenvalue weighted by Crippen LogP contribution is -2.53. The first-order valence-corrected chi connectivity index (χ1v) is 20.1. The molecule has 0 aromatic heterocycles. The minimum absolute atomic E-state index is 0.372. The number of allylic oxidation sites excluding steroid dienone is 2. The lowest BCUT2D eigenvalue weighted by atomic mass is 9.99. The number of carbonyl (C=O) groups excluding carboxylic acids is 1. The molecule has 5 N–H and O–H groups in total. The number of hydrogen-bond acceptors (Lipinski definition) is 5. The molecule has 6 nitrogen and oxygen atoms in total. The maximum absolute atomic E-state index is 12.5. The first-order chi connectivity index (χ1) is 22.5. The Morgan fingerprint density at radius 2 is 0.913 bits per heavy atom. The number of rotatable bonds is 36. The van der Waals surface area contributed by atoms with Gasteiger partial charge in [0.05, 0.1) is 18.8 Å². The van der Waals surface area contributed by atoms with E-state index in [4.69, 9.17) is 0 Å². The van der Waals surface area contributed by atoms with Crippen LogP contribution in [0, 0.1) is 0 Å². The van der Waals surface area contributed by atoms with E-state index in [2.05, 4.69) is 31.3 Å². The molecule has 0 aliphatic carbocycles. The van der Waals surface area contributed by atoms with Crippen molar-refractivity contribution < 1.29 is 25.2 Å². The summed E-state index contributed by atoms with van der Waals surface area (Å²) in [5.74, 6) is -0.584. The molecule has 6 heteroatoms. The summed E-state index contributed by atoms with van der Waals surface area (Å²) in [6.07, 6.45) is 36.6. The molecular weight excluding hydrogens is 574 g/mol. The van der Waals surface area contributed by atoms with Crippen LogP contribution in [0.25, 0.3) is 0 Å². The second-order valence-electron chi connectivity index (χ2n) is 14.0. The molecule has 0 aliphatic rings. The van der Waals surface area contributed by atoms with Gasteiger partial charge in [-0.3, -0.25) is 4.79 Å². The number of aliphatic hydroxyl groups is 4. The molecule has 0 radical (unpaired) electrons. The van der Waals surface area contributed by atoms with Crippen LogP contribution in [0.5, 0.6) is 0 Å². The third-order valence-electron chi connectivity index (χ3n) is 9.46. The molecule has 0 spiro atoms. The van der Waals surface area contributed by atoms with E-state index in [9.17, 15) is 25.2 Å². The molecule has 1 amide bonds. The first kappa shape index (κ1) is 45.0. The Labute approximate surface area is 285 Å². The summed E-state index contributed by atoms with van der Waals surface area (Å²) in [5.41, 5.74) is 0. The lowest BCUT2D eigenvalue weighted by molar-refractivity contribution is -0.132. The van der Waals surface area contributed by atoms with Crippen LogP contribution < -0.4 is 5.32 Å². The number of aliphatic hydroxyl groups excluding tert-OH is 4. The van der Waals surface area contributed by atoms with Gasteiger partial charge in [0.25, 0.3) is 0 Å². The zero-order valence-corrected chi connectivity index (χ0v) is 30.6. The van der Waals surface area contributed by atoms with Crippen LogP contribution in [0.4, 0.5) is 0 Å². The van der Waals surface area contributed by atoms with Gasteiger partial charge in [0.2, 0.25) is 5.91 Å². The van der Waals surface area contributed by atoms with Crippen LogP contribution >= 0.6 is 0 Å². The summed E-state index contributed by atoms with van der Waals surface area (Å²) < 4.78 is 0. The van der Waals surface area contributed by atoms with E-state index in [1.54, 1.807) is 0 Å². The maximum atomic E-state index is 12.5. The summed E-state index contributed by atoms with van der Waals surface area (Å²) in [6, 6.07) is -0.981. The summed E-state index contributed by atoms with van der Waals surface area (Å²) in [4.78, 5) is 12.5. The fourth-order valence-corrected chi connectivity index (χ4v) is 6.23. The second kappa shape index (κ2) is 35.4. The fraction of sp³-hybridized carbons (Fsp3) is 0.925. The number of carbonyl (C=O) groups is 1. The second-order valence-corrected chi connectivity index (χ2v) is 14.0. The van der Waals surface area contributed by atoms with E-state index >= 15 is 0 Å². The number of hydrogen-bond donors (Lipinski definition) is 5. The topological polar surface area (TPSA) is 110 Å². The van der Waals surface area contributed by atoms with Gasteiger partial charge >= 0.3 is 0 Å². The average molecular weight is 654 g/mol. The van der Waals surface area contributed by atoms with Crippen LogP contribution in [0.3, 0.4) is 0 Å². The molecule has 0 heterocycles. The third-order valence-corrected chi connectivity index (χ3v) is 9.46. The van der Waals surface area contributed by atoms with Gasteiger partial charge in [0, 0.05) is 0 Å². The van der Waals surface area contributed by atoms with Crippen LogP contribution in [-0.2, 0) is 4.79 Å². The molecule has 0 rings (SSSR count). The largest absolute Gasteiger partial charge is 0.394 e. The summed E-state index contributed by atoms with van der Waals surface area (Å²) in [7, 11) is 0. The predicted octanol–water partition coefficient (Wildman–Crippen LogP) is 9.85. The van der Waals surface area contributed by atoms with Gasteiger partial charge in [-0.1, -0.05) is 187 Å². The van der Waals surface area contributed by atoms with Crippen molar-refractivity contribution in [1.82, 2.24) is 5.32 Å². The molecule has 0 aliphatic heterocycles. The quantitative estimate of drug-likeness (QED) is 0.0342. The maximum Gasteiger partial charge on any atom is 0.249 e. The van der Waals surface area contributed by atoms with Gasteiger partial charge in [-0.25, -0.2) is 0 Å². The van der Waals surface area contributed by atoms with E-state index < -0.39 is 36.9 Å². The number of nitrogens with one attached hydrogen (secondary N) is 1. The molecular formula is C40H79NO5. The van der Waals surface area contributed by atoms with Gasteiger partial charge in [-0.15, -0.1) is 0 Å². The predicted molar refractivity (Wildman–Crippen MR) is 196 cm³/mol. The number of amides is 1. The van der Waals surface area contributed by atoms with Gasteiger partial charge < -0.3 is 25.7 Å². The van der Waals surface area contributed by atoms with Crippen LogP contribution in [0.2, 0.25) is 0 Å². The van der Waals surface area contributed by atoms with Gasteiger partial charge in [0.1, 0.15) is 12.2 Å². The Bertz CT molecular complexity index is 658. The zero-order chi connectivity index (χ0) is 33.9. The summed E-state index contributed by atoms with van der Waals surface area (Å²) in [6.45, 7) is 3.99. The Kier molecular flexibility index (Phi) is 34.6. The smallest absolute Gasteiger partial charge is 0.249 e. The zero-order valence-electron chi connectivity index (χ0n) is 30.6. The normalized spacial score (nSPS) is 14.5. The van der Waals surface area contributed by atoms with Crippen molar-refractivity contribution in [3.63, 3.8) is 0 Å². The van der Waals surface area contributed by atoms with E-state index in [1.807, 2.05) is 0 Å². The van der Waals surface area contributed by atoms with E-state index in [1.165, 1.54) is 141 Å². The molecule has 0 saturated heterocycles. The SMILES string of the molecule is CCCC=CCCCCCCCCCCCC(O)C(O)C(CO)NC(=O)C(O)CCCCCCCCCCCCCCCCCC. The van der Waals surface area contributed by atoms with Crippen molar-refractivity contribution in [3.05, 3.63) is 12.2 Å². The highest BCUT2D eigenvalue weighted by Crippen LogP contribution is 2.16. The van der Waals surface area contributed by atoms with Crippen LogP contribution in [0.1, 0.15) is 206 Å². The van der Waals surface area contributed by atoms with E-state index in [0.29, 0.717) is 12.8 Å². The van der Waals surface area contributed by atoms with E-state index in [-0.39, 0.29) is 0 Å². The first-order valence-electron chi connectivity index (χ1n) is 20.1. The summed E-state index contributed by atoms with van der Waals surface area (Å²) >= 11 is 0. The van der Waals surface area contributed by atoms with Crippen molar-refractivity contribution >= 4 is 5.91 Å². The molecule has 0 saturated carbocycles. The lowest BCUT2D eigenvalue weighted by Gasteiger charge is -2.27. The fourth-order valence-electron chi connectivity index (χ4n) is 6.23. The minimum atomic E-state index is -1.26. The molecule has 46 heavy (non-hydrogen) atoms. The molecule has 0 aromatic carbocycles. The molecule has 4 atom stereocenters.